The van der Waals surface area contributed by atoms with E-state index in [0.29, 0.717) is 0 Å². The average molecular weight is 148 g/mol. The second kappa shape index (κ2) is 2.79. The topological polar surface area (TPSA) is 17.8 Å². The maximum Gasteiger partial charge on any atom is 0.0536 e. The lowest BCUT2D eigenvalue weighted by Crippen LogP contribution is -1.95. The van der Waals surface area contributed by atoms with Crippen molar-refractivity contribution in [2.45, 2.75) is 19.8 Å². The number of hydrogen-bond donors (Lipinski definition) is 0. The molecule has 1 heterocycles. The summed E-state index contributed by atoms with van der Waals surface area (Å²) in [4.78, 5) is 0. The van der Waals surface area contributed by atoms with E-state index in [4.69, 9.17) is 6.42 Å². The van der Waals surface area contributed by atoms with Gasteiger partial charge in [-0.05, 0) is 13.8 Å². The van der Waals surface area contributed by atoms with Gasteiger partial charge >= 0.3 is 0 Å². The summed E-state index contributed by atoms with van der Waals surface area (Å²) in [6, 6.07) is 0. The third-order valence-corrected chi connectivity index (χ3v) is 1.99. The number of rotatable bonds is 1. The molecule has 11 heavy (non-hydrogen) atoms. The Bertz CT molecular complexity index is 291. The predicted molar refractivity (Wildman–Crippen MR) is 45.2 cm³/mol. The molecule has 1 atom stereocenters. The zero-order chi connectivity index (χ0) is 8.43. The fourth-order valence-electron chi connectivity index (χ4n) is 1.03. The monoisotopic (exact) mass is 148 g/mol. The van der Waals surface area contributed by atoms with Crippen molar-refractivity contribution in [1.29, 1.82) is 0 Å². The molecular weight excluding hydrogens is 136 g/mol. The van der Waals surface area contributed by atoms with Crippen molar-refractivity contribution in [3.05, 3.63) is 17.5 Å². The molecule has 2 heteroatoms. The van der Waals surface area contributed by atoms with Crippen molar-refractivity contribution >= 4 is 0 Å². The molecule has 58 valence electrons. The predicted octanol–water partition coefficient (Wildman–Crippen LogP) is 1.47. The van der Waals surface area contributed by atoms with Gasteiger partial charge in [-0.2, -0.15) is 5.10 Å². The van der Waals surface area contributed by atoms with Crippen molar-refractivity contribution in [1.82, 2.24) is 9.78 Å². The SMILES string of the molecule is C#CC(C)c1cnn(C)c1C. The van der Waals surface area contributed by atoms with Gasteiger partial charge < -0.3 is 0 Å². The lowest BCUT2D eigenvalue weighted by Gasteiger charge is -2.01. The van der Waals surface area contributed by atoms with Crippen LogP contribution in [0.2, 0.25) is 0 Å². The van der Waals surface area contributed by atoms with E-state index in [1.54, 1.807) is 0 Å². The molecule has 0 saturated heterocycles. The highest BCUT2D eigenvalue weighted by molar-refractivity contribution is 5.26. The van der Waals surface area contributed by atoms with E-state index >= 15 is 0 Å². The summed E-state index contributed by atoms with van der Waals surface area (Å²) >= 11 is 0. The number of hydrogen-bond acceptors (Lipinski definition) is 1. The molecule has 1 rings (SSSR count). The van der Waals surface area contributed by atoms with Gasteiger partial charge in [0.1, 0.15) is 0 Å². The van der Waals surface area contributed by atoms with Gasteiger partial charge in [0.25, 0.3) is 0 Å². The first-order chi connectivity index (χ1) is 5.16. The smallest absolute Gasteiger partial charge is 0.0536 e. The van der Waals surface area contributed by atoms with Crippen molar-refractivity contribution in [2.75, 3.05) is 0 Å². The Labute approximate surface area is 67.2 Å². The zero-order valence-electron chi connectivity index (χ0n) is 7.13. The summed E-state index contributed by atoms with van der Waals surface area (Å²) in [7, 11) is 1.92. The largest absolute Gasteiger partial charge is 0.273 e. The van der Waals surface area contributed by atoms with Crippen LogP contribution in [-0.2, 0) is 7.05 Å². The van der Waals surface area contributed by atoms with Crippen LogP contribution >= 0.6 is 0 Å². The molecule has 0 aromatic carbocycles. The molecular formula is C9H12N2. The first-order valence-corrected chi connectivity index (χ1v) is 3.61. The normalized spacial score (nSPS) is 12.5. The van der Waals surface area contributed by atoms with Crippen LogP contribution in [0.5, 0.6) is 0 Å². The minimum absolute atomic E-state index is 0.170. The molecule has 0 aliphatic heterocycles. The van der Waals surface area contributed by atoms with Gasteiger partial charge in [0.15, 0.2) is 0 Å². The Morgan fingerprint density at radius 2 is 2.36 bits per heavy atom. The van der Waals surface area contributed by atoms with Gasteiger partial charge in [0, 0.05) is 24.2 Å². The standard InChI is InChI=1S/C9H12N2/c1-5-7(2)9-6-10-11(4)8(9)3/h1,6-7H,2-4H3. The highest BCUT2D eigenvalue weighted by Crippen LogP contribution is 2.16. The number of aryl methyl sites for hydroxylation is 1. The van der Waals surface area contributed by atoms with E-state index in [1.165, 1.54) is 0 Å². The summed E-state index contributed by atoms with van der Waals surface area (Å²) in [5.74, 6) is 2.85. The molecule has 0 amide bonds. The van der Waals surface area contributed by atoms with Crippen molar-refractivity contribution in [3.63, 3.8) is 0 Å². The molecule has 0 fully saturated rings. The van der Waals surface area contributed by atoms with E-state index in [0.717, 1.165) is 11.3 Å². The van der Waals surface area contributed by atoms with Crippen LogP contribution in [0.1, 0.15) is 24.1 Å². The van der Waals surface area contributed by atoms with Gasteiger partial charge in [0.05, 0.1) is 6.20 Å². The number of terminal acetylenes is 1. The molecule has 0 spiro atoms. The minimum atomic E-state index is 0.170. The first kappa shape index (κ1) is 7.87. The third-order valence-electron chi connectivity index (χ3n) is 1.99. The summed E-state index contributed by atoms with van der Waals surface area (Å²) in [5, 5.41) is 4.11. The Hall–Kier alpha value is -1.23. The van der Waals surface area contributed by atoms with Gasteiger partial charge in [0.2, 0.25) is 0 Å². The Balaban J connectivity index is 3.07. The summed E-state index contributed by atoms with van der Waals surface area (Å²) < 4.78 is 1.84. The zero-order valence-corrected chi connectivity index (χ0v) is 7.13. The lowest BCUT2D eigenvalue weighted by atomic mass is 10.0. The molecule has 1 aromatic heterocycles. The van der Waals surface area contributed by atoms with Crippen LogP contribution in [0.25, 0.3) is 0 Å². The molecule has 0 radical (unpaired) electrons. The molecule has 2 nitrogen and oxygen atoms in total. The molecule has 1 unspecified atom stereocenters. The van der Waals surface area contributed by atoms with Gasteiger partial charge in [-0.3, -0.25) is 4.68 Å². The first-order valence-electron chi connectivity index (χ1n) is 3.61. The highest BCUT2D eigenvalue weighted by Gasteiger charge is 2.08. The Kier molecular flexibility index (Phi) is 2.00. The van der Waals surface area contributed by atoms with Crippen LogP contribution in [0.15, 0.2) is 6.20 Å². The maximum atomic E-state index is 5.30. The van der Waals surface area contributed by atoms with Crippen molar-refractivity contribution < 1.29 is 0 Å². The second-order valence-corrected chi connectivity index (χ2v) is 2.70. The van der Waals surface area contributed by atoms with E-state index in [1.807, 2.05) is 31.8 Å². The minimum Gasteiger partial charge on any atom is -0.273 e. The quantitative estimate of drug-likeness (QED) is 0.551. The van der Waals surface area contributed by atoms with Crippen molar-refractivity contribution in [2.24, 2.45) is 7.05 Å². The summed E-state index contributed by atoms with van der Waals surface area (Å²) in [6.45, 7) is 4.03. The van der Waals surface area contributed by atoms with E-state index in [-0.39, 0.29) is 5.92 Å². The van der Waals surface area contributed by atoms with Crippen LogP contribution in [-0.4, -0.2) is 9.78 Å². The third kappa shape index (κ3) is 1.27. The second-order valence-electron chi connectivity index (χ2n) is 2.70. The van der Waals surface area contributed by atoms with E-state index in [9.17, 15) is 0 Å². The van der Waals surface area contributed by atoms with Crippen molar-refractivity contribution in [3.8, 4) is 12.3 Å². The molecule has 0 saturated carbocycles. The Morgan fingerprint density at radius 3 is 2.73 bits per heavy atom. The number of aromatic nitrogens is 2. The van der Waals surface area contributed by atoms with Crippen LogP contribution in [0, 0.1) is 19.3 Å². The summed E-state index contributed by atoms with van der Waals surface area (Å²) in [6.07, 6.45) is 7.13. The molecule has 0 bridgehead atoms. The van der Waals surface area contributed by atoms with Gasteiger partial charge in [-0.1, -0.05) is 5.92 Å². The molecule has 0 N–H and O–H groups in total. The average Bonchev–Trinajstić information content (AvgIpc) is 2.32. The molecule has 0 aliphatic carbocycles. The summed E-state index contributed by atoms with van der Waals surface area (Å²) in [5.41, 5.74) is 2.30. The lowest BCUT2D eigenvalue weighted by molar-refractivity contribution is 0.737. The maximum absolute atomic E-state index is 5.30. The highest BCUT2D eigenvalue weighted by atomic mass is 15.3. The van der Waals surface area contributed by atoms with Gasteiger partial charge in [-0.25, -0.2) is 0 Å². The number of nitrogens with zero attached hydrogens (tertiary/aromatic N) is 2. The fraction of sp³-hybridized carbons (Fsp3) is 0.444. The van der Waals surface area contributed by atoms with E-state index < -0.39 is 0 Å². The van der Waals surface area contributed by atoms with Crippen LogP contribution in [0.3, 0.4) is 0 Å². The van der Waals surface area contributed by atoms with E-state index in [2.05, 4.69) is 11.0 Å². The van der Waals surface area contributed by atoms with Crippen LogP contribution in [0.4, 0.5) is 0 Å². The van der Waals surface area contributed by atoms with Crippen LogP contribution < -0.4 is 0 Å². The Morgan fingerprint density at radius 1 is 1.73 bits per heavy atom. The molecule has 0 aliphatic rings. The fourth-order valence-corrected chi connectivity index (χ4v) is 1.03. The molecule has 1 aromatic rings. The van der Waals surface area contributed by atoms with Gasteiger partial charge in [-0.15, -0.1) is 6.42 Å².